The lowest BCUT2D eigenvalue weighted by Gasteiger charge is -2.34. The molecule has 144 valence electrons. The molecular weight excluding hydrogens is 353 g/mol. The second-order valence-corrected chi connectivity index (χ2v) is 6.19. The van der Waals surface area contributed by atoms with Crippen LogP contribution in [0.4, 0.5) is 9.18 Å². The van der Waals surface area contributed by atoms with Crippen LogP contribution in [0.1, 0.15) is 19.2 Å². The molecule has 3 rings (SSSR count). The summed E-state index contributed by atoms with van der Waals surface area (Å²) in [5, 5.41) is 0. The number of hydrogen-bond acceptors (Lipinski definition) is 5. The number of oxazole rings is 1. The Kier molecular flexibility index (Phi) is 6.05. The SMILES string of the molecule is CCOC(=O)N1CCN(C(=O)CCc2ncc(-c3ccc(F)cc3)o2)CC1. The van der Waals surface area contributed by atoms with Crippen molar-refractivity contribution in [1.29, 1.82) is 0 Å². The number of aryl methyl sites for hydroxylation is 1. The van der Waals surface area contributed by atoms with Crippen LogP contribution in [-0.2, 0) is 16.0 Å². The molecule has 0 spiro atoms. The van der Waals surface area contributed by atoms with Gasteiger partial charge in [-0.2, -0.15) is 0 Å². The number of piperazine rings is 1. The lowest BCUT2D eigenvalue weighted by atomic mass is 10.2. The summed E-state index contributed by atoms with van der Waals surface area (Å²) in [6.45, 7) is 4.03. The van der Waals surface area contributed by atoms with Crippen molar-refractivity contribution in [2.45, 2.75) is 19.8 Å². The standard InChI is InChI=1S/C19H22FN3O4/c1-2-26-19(25)23-11-9-22(10-12-23)18(24)8-7-17-21-13-16(27-17)14-3-5-15(20)6-4-14/h3-6,13H,2,7-12H2,1H3. The molecule has 27 heavy (non-hydrogen) atoms. The minimum atomic E-state index is -0.335. The van der Waals surface area contributed by atoms with Crippen molar-refractivity contribution in [2.24, 2.45) is 0 Å². The zero-order valence-electron chi connectivity index (χ0n) is 15.2. The molecule has 1 aromatic carbocycles. The van der Waals surface area contributed by atoms with Crippen LogP contribution in [0.25, 0.3) is 11.3 Å². The number of ether oxygens (including phenoxy) is 1. The predicted molar refractivity (Wildman–Crippen MR) is 95.4 cm³/mol. The monoisotopic (exact) mass is 375 g/mol. The molecule has 8 heteroatoms. The van der Waals surface area contributed by atoms with Gasteiger partial charge in [-0.1, -0.05) is 0 Å². The normalized spacial score (nSPS) is 14.3. The van der Waals surface area contributed by atoms with Gasteiger partial charge in [0, 0.05) is 44.6 Å². The van der Waals surface area contributed by atoms with E-state index in [1.165, 1.54) is 12.1 Å². The second kappa shape index (κ2) is 8.66. The fourth-order valence-electron chi connectivity index (χ4n) is 2.90. The minimum absolute atomic E-state index is 0.0000380. The summed E-state index contributed by atoms with van der Waals surface area (Å²) in [7, 11) is 0. The third kappa shape index (κ3) is 4.84. The molecule has 0 aliphatic carbocycles. The van der Waals surface area contributed by atoms with E-state index >= 15 is 0 Å². The molecule has 1 fully saturated rings. The van der Waals surface area contributed by atoms with Gasteiger partial charge < -0.3 is 19.0 Å². The molecule has 0 radical (unpaired) electrons. The number of aromatic nitrogens is 1. The largest absolute Gasteiger partial charge is 0.450 e. The van der Waals surface area contributed by atoms with E-state index in [0.29, 0.717) is 50.9 Å². The number of rotatable bonds is 5. The van der Waals surface area contributed by atoms with Gasteiger partial charge in [-0.25, -0.2) is 14.2 Å². The van der Waals surface area contributed by atoms with Gasteiger partial charge in [0.15, 0.2) is 11.7 Å². The lowest BCUT2D eigenvalue weighted by Crippen LogP contribution is -2.50. The quantitative estimate of drug-likeness (QED) is 0.803. The van der Waals surface area contributed by atoms with Crippen LogP contribution >= 0.6 is 0 Å². The number of amides is 2. The van der Waals surface area contributed by atoms with Gasteiger partial charge in [-0.15, -0.1) is 0 Å². The van der Waals surface area contributed by atoms with E-state index in [1.54, 1.807) is 35.1 Å². The van der Waals surface area contributed by atoms with E-state index in [9.17, 15) is 14.0 Å². The van der Waals surface area contributed by atoms with Crippen LogP contribution < -0.4 is 0 Å². The van der Waals surface area contributed by atoms with Crippen molar-refractivity contribution in [3.8, 4) is 11.3 Å². The van der Waals surface area contributed by atoms with Crippen LogP contribution in [0.15, 0.2) is 34.9 Å². The number of carbonyl (C=O) groups is 2. The Morgan fingerprint density at radius 3 is 2.48 bits per heavy atom. The number of nitrogens with zero attached hydrogens (tertiary/aromatic N) is 3. The summed E-state index contributed by atoms with van der Waals surface area (Å²) >= 11 is 0. The van der Waals surface area contributed by atoms with Crippen LogP contribution in [0, 0.1) is 5.82 Å². The van der Waals surface area contributed by atoms with Crippen LogP contribution in [0.2, 0.25) is 0 Å². The summed E-state index contributed by atoms with van der Waals surface area (Å²) in [6.07, 6.45) is 1.91. The highest BCUT2D eigenvalue weighted by atomic mass is 19.1. The number of benzene rings is 1. The molecule has 0 N–H and O–H groups in total. The van der Waals surface area contributed by atoms with Crippen LogP contribution in [0.5, 0.6) is 0 Å². The first-order chi connectivity index (χ1) is 13.1. The highest BCUT2D eigenvalue weighted by Crippen LogP contribution is 2.21. The Labute approximate surface area is 156 Å². The Hall–Kier alpha value is -2.90. The Morgan fingerprint density at radius 1 is 1.15 bits per heavy atom. The van der Waals surface area contributed by atoms with E-state index in [0.717, 1.165) is 5.56 Å². The maximum Gasteiger partial charge on any atom is 0.409 e. The third-order valence-corrected chi connectivity index (χ3v) is 4.39. The lowest BCUT2D eigenvalue weighted by molar-refractivity contribution is -0.132. The Balaban J connectivity index is 1.47. The van der Waals surface area contributed by atoms with Crippen LogP contribution in [-0.4, -0.2) is 59.6 Å². The zero-order chi connectivity index (χ0) is 19.2. The van der Waals surface area contributed by atoms with Gasteiger partial charge in [-0.3, -0.25) is 4.79 Å². The molecule has 7 nitrogen and oxygen atoms in total. The first kappa shape index (κ1) is 18.9. The van der Waals surface area contributed by atoms with Gasteiger partial charge in [0.1, 0.15) is 5.82 Å². The van der Waals surface area contributed by atoms with E-state index < -0.39 is 0 Å². The number of halogens is 1. The third-order valence-electron chi connectivity index (χ3n) is 4.39. The molecule has 0 atom stereocenters. The van der Waals surface area contributed by atoms with E-state index in [4.69, 9.17) is 9.15 Å². The average Bonchev–Trinajstić information content (AvgIpc) is 3.16. The molecule has 1 aromatic heterocycles. The van der Waals surface area contributed by atoms with E-state index in [2.05, 4.69) is 4.98 Å². The second-order valence-electron chi connectivity index (χ2n) is 6.19. The summed E-state index contributed by atoms with van der Waals surface area (Å²) in [6, 6.07) is 5.95. The molecule has 2 heterocycles. The molecule has 1 aliphatic heterocycles. The van der Waals surface area contributed by atoms with Gasteiger partial charge in [0.05, 0.1) is 12.8 Å². The molecule has 0 unspecified atom stereocenters. The average molecular weight is 375 g/mol. The molecule has 1 aliphatic rings. The summed E-state index contributed by atoms with van der Waals surface area (Å²) < 4.78 is 23.6. The van der Waals surface area contributed by atoms with Crippen molar-refractivity contribution in [3.63, 3.8) is 0 Å². The van der Waals surface area contributed by atoms with Gasteiger partial charge >= 0.3 is 6.09 Å². The smallest absolute Gasteiger partial charge is 0.409 e. The zero-order valence-corrected chi connectivity index (χ0v) is 15.2. The molecule has 2 aromatic rings. The van der Waals surface area contributed by atoms with Crippen molar-refractivity contribution >= 4 is 12.0 Å². The summed E-state index contributed by atoms with van der Waals surface area (Å²) in [5.41, 5.74) is 0.733. The fraction of sp³-hybridized carbons (Fsp3) is 0.421. The first-order valence-corrected chi connectivity index (χ1v) is 8.97. The molecular formula is C19H22FN3O4. The molecule has 2 amide bonds. The number of carbonyl (C=O) groups excluding carboxylic acids is 2. The van der Waals surface area contributed by atoms with Crippen LogP contribution in [0.3, 0.4) is 0 Å². The minimum Gasteiger partial charge on any atom is -0.450 e. The number of hydrogen-bond donors (Lipinski definition) is 0. The fourth-order valence-corrected chi connectivity index (χ4v) is 2.90. The van der Waals surface area contributed by atoms with E-state index in [1.807, 2.05) is 0 Å². The van der Waals surface area contributed by atoms with Gasteiger partial charge in [-0.05, 0) is 31.2 Å². The van der Waals surface area contributed by atoms with Crippen molar-refractivity contribution in [1.82, 2.24) is 14.8 Å². The van der Waals surface area contributed by atoms with Crippen molar-refractivity contribution < 1.29 is 23.1 Å². The summed E-state index contributed by atoms with van der Waals surface area (Å²) in [5.74, 6) is 0.695. The molecule has 1 saturated heterocycles. The predicted octanol–water partition coefficient (Wildman–Crippen LogP) is 2.71. The van der Waals surface area contributed by atoms with Gasteiger partial charge in [0.2, 0.25) is 5.91 Å². The summed E-state index contributed by atoms with van der Waals surface area (Å²) in [4.78, 5) is 31.6. The van der Waals surface area contributed by atoms with Gasteiger partial charge in [0.25, 0.3) is 0 Å². The van der Waals surface area contributed by atoms with Crippen molar-refractivity contribution in [3.05, 3.63) is 42.2 Å². The first-order valence-electron chi connectivity index (χ1n) is 8.97. The molecule has 0 saturated carbocycles. The topological polar surface area (TPSA) is 75.9 Å². The Morgan fingerprint density at radius 2 is 1.81 bits per heavy atom. The van der Waals surface area contributed by atoms with Crippen molar-refractivity contribution in [2.75, 3.05) is 32.8 Å². The highest BCUT2D eigenvalue weighted by molar-refractivity contribution is 5.77. The maximum atomic E-state index is 13.0. The highest BCUT2D eigenvalue weighted by Gasteiger charge is 2.24. The van der Waals surface area contributed by atoms with E-state index in [-0.39, 0.29) is 24.2 Å². The maximum absolute atomic E-state index is 13.0. The molecule has 0 bridgehead atoms. The Bertz CT molecular complexity index is 783.